The number of halogens is 2. The minimum atomic E-state index is 0.187. The molecule has 7 heteroatoms. The van der Waals surface area contributed by atoms with Gasteiger partial charge in [-0.05, 0) is 22.0 Å². The second kappa shape index (κ2) is 5.29. The van der Waals surface area contributed by atoms with Crippen LogP contribution in [0.4, 0.5) is 0 Å². The van der Waals surface area contributed by atoms with Gasteiger partial charge in [-0.2, -0.15) is 4.98 Å². The summed E-state index contributed by atoms with van der Waals surface area (Å²) in [6.07, 6.45) is 4.61. The number of hydrogen-bond donors (Lipinski definition) is 0. The van der Waals surface area contributed by atoms with Crippen LogP contribution >= 0.6 is 27.5 Å². The second-order valence-electron chi connectivity index (χ2n) is 2.95. The fourth-order valence-corrected chi connectivity index (χ4v) is 1.54. The summed E-state index contributed by atoms with van der Waals surface area (Å²) in [5.41, 5.74) is 0. The molecule has 0 saturated heterocycles. The Balaban J connectivity index is 2.29. The van der Waals surface area contributed by atoms with Gasteiger partial charge >= 0.3 is 6.01 Å². The van der Waals surface area contributed by atoms with Crippen molar-refractivity contribution >= 4 is 27.5 Å². The van der Waals surface area contributed by atoms with Crippen molar-refractivity contribution in [2.24, 2.45) is 0 Å². The molecule has 0 aliphatic carbocycles. The molecular weight excluding hydrogens is 309 g/mol. The van der Waals surface area contributed by atoms with E-state index >= 15 is 0 Å². The van der Waals surface area contributed by atoms with Crippen LogP contribution in [0.25, 0.3) is 0 Å². The van der Waals surface area contributed by atoms with Crippen molar-refractivity contribution in [3.63, 3.8) is 0 Å². The molecular formula is C10H7BrClN3O2. The zero-order chi connectivity index (χ0) is 12.3. The third-order valence-electron chi connectivity index (χ3n) is 1.77. The molecule has 2 aromatic heterocycles. The molecule has 0 unspecified atom stereocenters. The number of hydrogen-bond acceptors (Lipinski definition) is 5. The van der Waals surface area contributed by atoms with Crippen LogP contribution in [-0.2, 0) is 0 Å². The lowest BCUT2D eigenvalue weighted by Gasteiger charge is -2.06. The topological polar surface area (TPSA) is 57.1 Å². The fraction of sp³-hybridized carbons (Fsp3) is 0.100. The van der Waals surface area contributed by atoms with Crippen LogP contribution in [0.1, 0.15) is 0 Å². The Morgan fingerprint density at radius 2 is 2.12 bits per heavy atom. The van der Waals surface area contributed by atoms with Gasteiger partial charge in [-0.1, -0.05) is 11.6 Å². The van der Waals surface area contributed by atoms with Gasteiger partial charge in [0, 0.05) is 10.7 Å². The molecule has 88 valence electrons. The molecule has 0 fully saturated rings. The average molecular weight is 317 g/mol. The van der Waals surface area contributed by atoms with Gasteiger partial charge in [-0.25, -0.2) is 4.98 Å². The first-order chi connectivity index (χ1) is 8.19. The first-order valence-electron chi connectivity index (χ1n) is 4.54. The van der Waals surface area contributed by atoms with Crippen molar-refractivity contribution in [3.8, 4) is 17.6 Å². The lowest BCUT2D eigenvalue weighted by atomic mass is 10.5. The predicted molar refractivity (Wildman–Crippen MR) is 65.6 cm³/mol. The average Bonchev–Trinajstić information content (AvgIpc) is 2.32. The number of methoxy groups -OCH3 is 1. The van der Waals surface area contributed by atoms with Gasteiger partial charge < -0.3 is 9.47 Å². The third-order valence-corrected chi connectivity index (χ3v) is 2.46. The van der Waals surface area contributed by atoms with Crippen LogP contribution in [0.2, 0.25) is 5.02 Å². The second-order valence-corrected chi connectivity index (χ2v) is 4.27. The molecule has 2 aromatic rings. The highest BCUT2D eigenvalue weighted by Gasteiger charge is 2.08. The summed E-state index contributed by atoms with van der Waals surface area (Å²) in [5.74, 6) is 0.737. The monoisotopic (exact) mass is 315 g/mol. The Hall–Kier alpha value is -1.40. The summed E-state index contributed by atoms with van der Waals surface area (Å²) in [6, 6.07) is 1.94. The molecule has 0 amide bonds. The van der Waals surface area contributed by atoms with Crippen LogP contribution in [0, 0.1) is 0 Å². The molecule has 0 atom stereocenters. The van der Waals surface area contributed by atoms with Gasteiger partial charge in [0.05, 0.1) is 19.5 Å². The number of aromatic nitrogens is 3. The summed E-state index contributed by atoms with van der Waals surface area (Å²) in [6.45, 7) is 0. The first-order valence-corrected chi connectivity index (χ1v) is 5.71. The molecule has 2 rings (SSSR count). The maximum absolute atomic E-state index is 5.91. The Kier molecular flexibility index (Phi) is 3.75. The Labute approximate surface area is 111 Å². The van der Waals surface area contributed by atoms with Crippen LogP contribution in [-0.4, -0.2) is 22.1 Å². The molecule has 0 aromatic carbocycles. The standard InChI is InChI=1S/C10H7BrClN3O2/c1-16-10-14-5-8(12)9(15-10)17-7-2-6(11)3-13-4-7/h2-5H,1H3. The van der Waals surface area contributed by atoms with E-state index < -0.39 is 0 Å². The van der Waals surface area contributed by atoms with Crippen molar-refractivity contribution in [2.45, 2.75) is 0 Å². The van der Waals surface area contributed by atoms with Crippen LogP contribution in [0.5, 0.6) is 17.6 Å². The SMILES string of the molecule is COc1ncc(Cl)c(Oc2cncc(Br)c2)n1. The maximum Gasteiger partial charge on any atom is 0.319 e. The van der Waals surface area contributed by atoms with Crippen molar-refractivity contribution < 1.29 is 9.47 Å². The van der Waals surface area contributed by atoms with E-state index in [2.05, 4.69) is 30.9 Å². The highest BCUT2D eigenvalue weighted by atomic mass is 79.9. The van der Waals surface area contributed by atoms with Crippen molar-refractivity contribution in [1.82, 2.24) is 15.0 Å². The van der Waals surface area contributed by atoms with Crippen molar-refractivity contribution in [2.75, 3.05) is 7.11 Å². The van der Waals surface area contributed by atoms with Crippen LogP contribution < -0.4 is 9.47 Å². The van der Waals surface area contributed by atoms with E-state index in [0.717, 1.165) is 4.47 Å². The van der Waals surface area contributed by atoms with Gasteiger partial charge in [0.25, 0.3) is 0 Å². The van der Waals surface area contributed by atoms with Gasteiger partial charge in [-0.3, -0.25) is 4.98 Å². The number of ether oxygens (including phenoxy) is 2. The lowest BCUT2D eigenvalue weighted by molar-refractivity contribution is 0.366. The van der Waals surface area contributed by atoms with Crippen molar-refractivity contribution in [1.29, 1.82) is 0 Å². The first kappa shape index (κ1) is 12.1. The normalized spacial score (nSPS) is 10.1. The number of rotatable bonds is 3. The largest absolute Gasteiger partial charge is 0.467 e. The third kappa shape index (κ3) is 3.04. The fourth-order valence-electron chi connectivity index (χ4n) is 1.07. The van der Waals surface area contributed by atoms with Gasteiger partial charge in [0.1, 0.15) is 10.8 Å². The van der Waals surface area contributed by atoms with E-state index in [0.29, 0.717) is 10.8 Å². The van der Waals surface area contributed by atoms with Crippen molar-refractivity contribution in [3.05, 3.63) is 34.2 Å². The van der Waals surface area contributed by atoms with Crippen LogP contribution in [0.15, 0.2) is 29.1 Å². The van der Waals surface area contributed by atoms with E-state index in [1.807, 2.05) is 0 Å². The Morgan fingerprint density at radius 1 is 1.29 bits per heavy atom. The van der Waals surface area contributed by atoms with Gasteiger partial charge in [0.2, 0.25) is 5.88 Å². The summed E-state index contributed by atoms with van der Waals surface area (Å²) < 4.78 is 11.2. The quantitative estimate of drug-likeness (QED) is 0.871. The van der Waals surface area contributed by atoms with E-state index in [4.69, 9.17) is 21.1 Å². The van der Waals surface area contributed by atoms with E-state index in [1.54, 1.807) is 18.5 Å². The Bertz CT molecular complexity index is 539. The van der Waals surface area contributed by atoms with Crippen LogP contribution in [0.3, 0.4) is 0 Å². The summed E-state index contributed by atoms with van der Waals surface area (Å²) in [7, 11) is 1.47. The maximum atomic E-state index is 5.91. The minimum absolute atomic E-state index is 0.187. The lowest BCUT2D eigenvalue weighted by Crippen LogP contribution is -1.95. The molecule has 0 aliphatic heterocycles. The van der Waals surface area contributed by atoms with E-state index in [1.165, 1.54) is 13.3 Å². The van der Waals surface area contributed by atoms with E-state index in [-0.39, 0.29) is 11.9 Å². The summed E-state index contributed by atoms with van der Waals surface area (Å²) in [4.78, 5) is 11.8. The molecule has 2 heterocycles. The zero-order valence-electron chi connectivity index (χ0n) is 8.72. The molecule has 0 saturated carbocycles. The molecule has 17 heavy (non-hydrogen) atoms. The zero-order valence-corrected chi connectivity index (χ0v) is 11.1. The van der Waals surface area contributed by atoms with Gasteiger partial charge in [-0.15, -0.1) is 0 Å². The smallest absolute Gasteiger partial charge is 0.319 e. The molecule has 0 aliphatic rings. The van der Waals surface area contributed by atoms with Gasteiger partial charge in [0.15, 0.2) is 0 Å². The molecule has 0 radical (unpaired) electrons. The molecule has 0 spiro atoms. The molecule has 5 nitrogen and oxygen atoms in total. The number of nitrogens with zero attached hydrogens (tertiary/aromatic N) is 3. The summed E-state index contributed by atoms with van der Waals surface area (Å²) >= 11 is 9.19. The molecule has 0 bridgehead atoms. The highest BCUT2D eigenvalue weighted by molar-refractivity contribution is 9.10. The predicted octanol–water partition coefficient (Wildman–Crippen LogP) is 3.09. The van der Waals surface area contributed by atoms with E-state index in [9.17, 15) is 0 Å². The minimum Gasteiger partial charge on any atom is -0.467 e. The number of pyridine rings is 1. The summed E-state index contributed by atoms with van der Waals surface area (Å²) in [5, 5.41) is 0.297. The molecule has 0 N–H and O–H groups in total. The Morgan fingerprint density at radius 3 is 2.82 bits per heavy atom. The highest BCUT2D eigenvalue weighted by Crippen LogP contribution is 2.28.